The highest BCUT2D eigenvalue weighted by Gasteiger charge is 2.29. The molecule has 1 amide bonds. The van der Waals surface area contributed by atoms with Gasteiger partial charge in [0.1, 0.15) is 5.82 Å². The van der Waals surface area contributed by atoms with Gasteiger partial charge in [-0.15, -0.1) is 11.6 Å². The van der Waals surface area contributed by atoms with Gasteiger partial charge in [-0.2, -0.15) is 0 Å². The Morgan fingerprint density at radius 3 is 2.60 bits per heavy atom. The molecule has 0 saturated carbocycles. The van der Waals surface area contributed by atoms with Crippen molar-refractivity contribution in [1.82, 2.24) is 0 Å². The highest BCUT2D eigenvalue weighted by molar-refractivity contribution is 7.91. The number of benzene rings is 1. The zero-order chi connectivity index (χ0) is 15.1. The topological polar surface area (TPSA) is 63.2 Å². The van der Waals surface area contributed by atoms with Crippen molar-refractivity contribution in [2.24, 2.45) is 0 Å². The van der Waals surface area contributed by atoms with E-state index in [0.717, 1.165) is 11.8 Å². The molecule has 2 atom stereocenters. The average molecular weight is 320 g/mol. The first-order valence-corrected chi connectivity index (χ1v) is 8.54. The van der Waals surface area contributed by atoms with E-state index < -0.39 is 26.3 Å². The summed E-state index contributed by atoms with van der Waals surface area (Å²) < 4.78 is 37.1. The maximum absolute atomic E-state index is 14.1. The lowest BCUT2D eigenvalue weighted by Crippen LogP contribution is -2.23. The second-order valence-corrected chi connectivity index (χ2v) is 7.89. The number of halogens is 2. The van der Waals surface area contributed by atoms with Crippen LogP contribution < -0.4 is 5.32 Å². The molecule has 0 aliphatic carbocycles. The smallest absolute Gasteiger partial charge is 0.224 e. The lowest BCUT2D eigenvalue weighted by molar-refractivity contribution is -0.116. The van der Waals surface area contributed by atoms with Gasteiger partial charge in [-0.3, -0.25) is 4.79 Å². The number of hydrogen-bond donors (Lipinski definition) is 1. The van der Waals surface area contributed by atoms with Gasteiger partial charge in [0.15, 0.2) is 9.84 Å². The van der Waals surface area contributed by atoms with Crippen molar-refractivity contribution in [2.45, 2.75) is 30.4 Å². The minimum Gasteiger partial charge on any atom is -0.326 e. The van der Waals surface area contributed by atoms with Crippen LogP contribution in [-0.2, 0) is 21.1 Å². The summed E-state index contributed by atoms with van der Waals surface area (Å²) in [5.41, 5.74) is 1.35. The van der Waals surface area contributed by atoms with Crippen LogP contribution >= 0.6 is 11.6 Å². The molecule has 1 aromatic carbocycles. The third-order valence-electron chi connectivity index (χ3n) is 3.50. The zero-order valence-corrected chi connectivity index (χ0v) is 12.7. The number of amides is 1. The Morgan fingerprint density at radius 2 is 2.00 bits per heavy atom. The molecule has 1 aliphatic heterocycles. The van der Waals surface area contributed by atoms with E-state index in [-0.39, 0.29) is 11.5 Å². The number of hydrogen-bond acceptors (Lipinski definition) is 3. The molecule has 1 aromatic rings. The lowest BCUT2D eigenvalue weighted by atomic mass is 9.98. The van der Waals surface area contributed by atoms with Crippen LogP contribution in [0.1, 0.15) is 29.8 Å². The molecular formula is C13H15ClFNO3S. The molecule has 110 valence electrons. The van der Waals surface area contributed by atoms with Crippen LogP contribution in [0.3, 0.4) is 0 Å². The number of nitrogens with one attached hydrogen (secondary N) is 1. The Hall–Kier alpha value is -1.14. The highest BCUT2D eigenvalue weighted by atomic mass is 35.5. The normalized spacial score (nSPS) is 18.1. The molecule has 7 heteroatoms. The molecule has 0 radical (unpaired) electrons. The molecule has 20 heavy (non-hydrogen) atoms. The maximum Gasteiger partial charge on any atom is 0.224 e. The van der Waals surface area contributed by atoms with Gasteiger partial charge < -0.3 is 5.32 Å². The van der Waals surface area contributed by atoms with Gasteiger partial charge in [0.2, 0.25) is 5.91 Å². The molecule has 2 unspecified atom stereocenters. The molecule has 0 fully saturated rings. The molecule has 2 rings (SSSR count). The van der Waals surface area contributed by atoms with Crippen molar-refractivity contribution in [3.63, 3.8) is 0 Å². The maximum atomic E-state index is 14.1. The Kier molecular flexibility index (Phi) is 4.07. The average Bonchev–Trinajstić information content (AvgIpc) is 2.35. The van der Waals surface area contributed by atoms with Crippen LogP contribution in [0.2, 0.25) is 0 Å². The van der Waals surface area contributed by atoms with Crippen LogP contribution in [0.5, 0.6) is 0 Å². The summed E-state index contributed by atoms with van der Waals surface area (Å²) in [7, 11) is -3.37. The fraction of sp³-hybridized carbons (Fsp3) is 0.462. The second-order valence-electron chi connectivity index (χ2n) is 5.02. The summed E-state index contributed by atoms with van der Waals surface area (Å²) in [5.74, 6) is -0.766. The molecule has 1 N–H and O–H groups in total. The van der Waals surface area contributed by atoms with Crippen molar-refractivity contribution < 1.29 is 17.6 Å². The van der Waals surface area contributed by atoms with Crippen LogP contribution in [0.4, 0.5) is 10.1 Å². The van der Waals surface area contributed by atoms with Gasteiger partial charge in [-0.1, -0.05) is 0 Å². The fourth-order valence-corrected chi connectivity index (χ4v) is 3.41. The number of alkyl halides is 1. The number of carbonyl (C=O) groups excluding carboxylic acids is 1. The summed E-state index contributed by atoms with van der Waals surface area (Å²) in [6, 6.07) is 2.75. The molecule has 0 aromatic heterocycles. The van der Waals surface area contributed by atoms with Crippen LogP contribution in [0.15, 0.2) is 12.1 Å². The van der Waals surface area contributed by atoms with Gasteiger partial charge in [0.05, 0.1) is 10.6 Å². The fourth-order valence-electron chi connectivity index (χ4n) is 2.10. The SMILES string of the molecule is CC(C(Cl)c1cc2c(cc1F)NC(=O)CC2)S(C)(=O)=O. The minimum absolute atomic E-state index is 0.152. The predicted octanol–water partition coefficient (Wildman–Crippen LogP) is 2.42. The number of fused-ring (bicyclic) bond motifs is 1. The van der Waals surface area contributed by atoms with E-state index in [2.05, 4.69) is 5.32 Å². The number of rotatable bonds is 3. The zero-order valence-electron chi connectivity index (χ0n) is 11.1. The molecule has 0 spiro atoms. The van der Waals surface area contributed by atoms with Gasteiger partial charge in [0.25, 0.3) is 0 Å². The molecular weight excluding hydrogens is 305 g/mol. The van der Waals surface area contributed by atoms with E-state index in [1.165, 1.54) is 13.0 Å². The van der Waals surface area contributed by atoms with E-state index >= 15 is 0 Å². The summed E-state index contributed by atoms with van der Waals surface area (Å²) in [4.78, 5) is 11.3. The van der Waals surface area contributed by atoms with Gasteiger partial charge in [-0.25, -0.2) is 12.8 Å². The van der Waals surface area contributed by atoms with Gasteiger partial charge >= 0.3 is 0 Å². The first-order valence-electron chi connectivity index (χ1n) is 6.15. The van der Waals surface area contributed by atoms with E-state index in [1.807, 2.05) is 0 Å². The monoisotopic (exact) mass is 319 g/mol. The Balaban J connectivity index is 2.41. The third kappa shape index (κ3) is 2.96. The molecule has 1 heterocycles. The van der Waals surface area contributed by atoms with E-state index in [0.29, 0.717) is 18.5 Å². The molecule has 0 bridgehead atoms. The Bertz CT molecular complexity index is 660. The predicted molar refractivity (Wildman–Crippen MR) is 76.3 cm³/mol. The first kappa shape index (κ1) is 15.3. The quantitative estimate of drug-likeness (QED) is 0.870. The van der Waals surface area contributed by atoms with Crippen LogP contribution in [0, 0.1) is 5.82 Å². The van der Waals surface area contributed by atoms with E-state index in [9.17, 15) is 17.6 Å². The highest BCUT2D eigenvalue weighted by Crippen LogP contribution is 2.34. The molecule has 0 saturated heterocycles. The summed E-state index contributed by atoms with van der Waals surface area (Å²) in [6.07, 6.45) is 1.89. The first-order chi connectivity index (χ1) is 9.20. The summed E-state index contributed by atoms with van der Waals surface area (Å²) in [5, 5.41) is 0.728. The number of anilines is 1. The Morgan fingerprint density at radius 1 is 1.35 bits per heavy atom. The van der Waals surface area contributed by atoms with E-state index in [1.54, 1.807) is 6.07 Å². The molecule has 4 nitrogen and oxygen atoms in total. The van der Waals surface area contributed by atoms with Gasteiger partial charge in [-0.05, 0) is 31.0 Å². The number of sulfone groups is 1. The van der Waals surface area contributed by atoms with Crippen molar-refractivity contribution in [3.8, 4) is 0 Å². The minimum atomic E-state index is -3.37. The second kappa shape index (κ2) is 5.33. The van der Waals surface area contributed by atoms with Gasteiger partial charge in [0, 0.05) is 23.9 Å². The van der Waals surface area contributed by atoms with Crippen molar-refractivity contribution >= 4 is 33.0 Å². The number of carbonyl (C=O) groups is 1. The molecule has 1 aliphatic rings. The Labute approximate surface area is 122 Å². The third-order valence-corrected chi connectivity index (χ3v) is 5.89. The van der Waals surface area contributed by atoms with Crippen molar-refractivity contribution in [3.05, 3.63) is 29.1 Å². The summed E-state index contributed by atoms with van der Waals surface area (Å²) in [6.45, 7) is 1.45. The van der Waals surface area contributed by atoms with Crippen molar-refractivity contribution in [1.29, 1.82) is 0 Å². The van der Waals surface area contributed by atoms with Crippen molar-refractivity contribution in [2.75, 3.05) is 11.6 Å². The largest absolute Gasteiger partial charge is 0.326 e. The lowest BCUT2D eigenvalue weighted by Gasteiger charge is -2.22. The van der Waals surface area contributed by atoms with E-state index in [4.69, 9.17) is 11.6 Å². The van der Waals surface area contributed by atoms with Crippen LogP contribution in [-0.4, -0.2) is 25.8 Å². The van der Waals surface area contributed by atoms with Crippen LogP contribution in [0.25, 0.3) is 0 Å². The summed E-state index contributed by atoms with van der Waals surface area (Å²) >= 11 is 6.11. The standard InChI is InChI=1S/C13H15ClFNO3S/c1-7(20(2,18)19)13(14)9-5-8-3-4-12(17)16-11(8)6-10(9)15/h5-7,13H,3-4H2,1-2H3,(H,16,17). The number of aryl methyl sites for hydroxylation is 1.